The molecule has 6 heteroatoms. The van der Waals surface area contributed by atoms with Gasteiger partial charge < -0.3 is 10.2 Å². The zero-order valence-corrected chi connectivity index (χ0v) is 9.26. The van der Waals surface area contributed by atoms with Crippen LogP contribution < -0.4 is 0 Å². The number of carboxylic acid groups (broad SMARTS) is 2. The number of aliphatic carboxylic acids is 2. The first-order chi connectivity index (χ1) is 5.73. The van der Waals surface area contributed by atoms with Crippen LogP contribution >= 0.6 is 23.2 Å². The van der Waals surface area contributed by atoms with Crippen molar-refractivity contribution < 1.29 is 19.8 Å². The maximum Gasteiger partial charge on any atom is 0.300 e. The number of carboxylic acids is 2. The predicted octanol–water partition coefficient (Wildman–Crippen LogP) is 2.38. The van der Waals surface area contributed by atoms with Crippen molar-refractivity contribution >= 4 is 35.1 Å². The van der Waals surface area contributed by atoms with Crippen molar-refractivity contribution in [3.63, 3.8) is 0 Å². The van der Waals surface area contributed by atoms with Crippen molar-refractivity contribution in [2.45, 2.75) is 32.0 Å². The lowest BCUT2D eigenvalue weighted by molar-refractivity contribution is -0.135. The second-order valence-electron chi connectivity index (χ2n) is 1.84. The van der Waals surface area contributed by atoms with Crippen LogP contribution in [0.15, 0.2) is 0 Å². The van der Waals surface area contributed by atoms with E-state index in [0.29, 0.717) is 0 Å². The Morgan fingerprint density at radius 1 is 1.15 bits per heavy atom. The quantitative estimate of drug-likeness (QED) is 0.682. The third kappa shape index (κ3) is 452. The number of rotatable bonds is 1. The summed E-state index contributed by atoms with van der Waals surface area (Å²) in [5.74, 6) is -1.67. The summed E-state index contributed by atoms with van der Waals surface area (Å²) in [6, 6.07) is 0. The summed E-state index contributed by atoms with van der Waals surface area (Å²) < 4.78 is 0. The number of carbonyl (C=O) groups is 2. The highest BCUT2D eigenvalue weighted by Gasteiger charge is 1.86. The third-order valence-corrected chi connectivity index (χ3v) is 0.926. The zero-order chi connectivity index (χ0) is 11.4. The van der Waals surface area contributed by atoms with Gasteiger partial charge in [-0.1, -0.05) is 6.92 Å². The van der Waals surface area contributed by atoms with Crippen molar-refractivity contribution in [1.82, 2.24) is 0 Å². The van der Waals surface area contributed by atoms with Gasteiger partial charge in [-0.05, 0) is 6.42 Å². The van der Waals surface area contributed by atoms with Gasteiger partial charge in [-0.15, -0.1) is 23.2 Å². The fraction of sp³-hybridized carbons (Fsp3) is 0.714. The van der Waals surface area contributed by atoms with Crippen LogP contribution in [0.5, 0.6) is 0 Å². The van der Waals surface area contributed by atoms with Gasteiger partial charge in [0.15, 0.2) is 0 Å². The minimum absolute atomic E-state index is 0.171. The number of alkyl halides is 2. The predicted molar refractivity (Wildman–Crippen MR) is 52.4 cm³/mol. The fourth-order valence-electron chi connectivity index (χ4n) is 0. The minimum atomic E-state index is -0.833. The first-order valence-electron chi connectivity index (χ1n) is 3.41. The summed E-state index contributed by atoms with van der Waals surface area (Å²) in [4.78, 5) is 17.8. The standard InChI is InChI=1S/C3H6Cl2.2C2H4O2/c1-2-3(4)5;2*1-2(3)4/h3H,2H2,1H3;2*1H3,(H,3,4). The highest BCUT2D eigenvalue weighted by molar-refractivity contribution is 6.44. The van der Waals surface area contributed by atoms with Crippen molar-refractivity contribution in [1.29, 1.82) is 0 Å². The molecule has 0 rings (SSSR count). The third-order valence-electron chi connectivity index (χ3n) is 0.309. The van der Waals surface area contributed by atoms with Gasteiger partial charge in [0, 0.05) is 13.8 Å². The molecule has 0 aliphatic carbocycles. The van der Waals surface area contributed by atoms with Gasteiger partial charge in [0.2, 0.25) is 0 Å². The first-order valence-corrected chi connectivity index (χ1v) is 4.28. The molecule has 0 saturated heterocycles. The van der Waals surface area contributed by atoms with Gasteiger partial charge in [0.1, 0.15) is 4.84 Å². The average Bonchev–Trinajstić information content (AvgIpc) is 1.84. The first kappa shape index (κ1) is 18.3. The molecule has 0 aliphatic rings. The highest BCUT2D eigenvalue weighted by Crippen LogP contribution is 2.03. The van der Waals surface area contributed by atoms with Gasteiger partial charge >= 0.3 is 0 Å². The van der Waals surface area contributed by atoms with E-state index in [0.717, 1.165) is 20.3 Å². The second kappa shape index (κ2) is 14.1. The molecular formula is C7H14Cl2O4. The van der Waals surface area contributed by atoms with Crippen LogP contribution in [0.25, 0.3) is 0 Å². The normalized spacial score (nSPS) is 7.54. The molecule has 0 spiro atoms. The summed E-state index contributed by atoms with van der Waals surface area (Å²) in [5, 5.41) is 14.8. The molecule has 0 bridgehead atoms. The molecule has 0 fully saturated rings. The van der Waals surface area contributed by atoms with Gasteiger partial charge in [0.05, 0.1) is 0 Å². The van der Waals surface area contributed by atoms with E-state index < -0.39 is 11.9 Å². The largest absolute Gasteiger partial charge is 0.481 e. The molecule has 0 aromatic heterocycles. The molecule has 0 radical (unpaired) electrons. The molecule has 0 atom stereocenters. The lowest BCUT2D eigenvalue weighted by Gasteiger charge is -1.84. The van der Waals surface area contributed by atoms with Crippen LogP contribution in [0.4, 0.5) is 0 Å². The Kier molecular flexibility index (Phi) is 19.8. The molecule has 0 unspecified atom stereocenters. The number of halogens is 2. The molecule has 0 aromatic rings. The molecule has 0 heterocycles. The molecule has 4 nitrogen and oxygen atoms in total. The maximum absolute atomic E-state index is 9.00. The molecule has 0 aliphatic heterocycles. The topological polar surface area (TPSA) is 74.6 Å². The summed E-state index contributed by atoms with van der Waals surface area (Å²) >= 11 is 10.5. The van der Waals surface area contributed by atoms with Gasteiger partial charge in [-0.25, -0.2) is 0 Å². The van der Waals surface area contributed by atoms with E-state index in [4.69, 9.17) is 43.0 Å². The Morgan fingerprint density at radius 2 is 1.23 bits per heavy atom. The second-order valence-corrected chi connectivity index (χ2v) is 3.11. The fourth-order valence-corrected chi connectivity index (χ4v) is 0. The highest BCUT2D eigenvalue weighted by atomic mass is 35.5. The molecule has 13 heavy (non-hydrogen) atoms. The SMILES string of the molecule is CC(=O)O.CC(=O)O.CCC(Cl)Cl. The minimum Gasteiger partial charge on any atom is -0.481 e. The Morgan fingerprint density at radius 3 is 1.23 bits per heavy atom. The Balaban J connectivity index is -0.000000117. The van der Waals surface area contributed by atoms with Crippen LogP contribution in [0.2, 0.25) is 0 Å². The van der Waals surface area contributed by atoms with Crippen LogP contribution in [0.1, 0.15) is 27.2 Å². The van der Waals surface area contributed by atoms with E-state index >= 15 is 0 Å². The molecule has 0 amide bonds. The Bertz CT molecular complexity index is 116. The van der Waals surface area contributed by atoms with Crippen molar-refractivity contribution in [3.05, 3.63) is 0 Å². The van der Waals surface area contributed by atoms with E-state index in [1.807, 2.05) is 6.92 Å². The van der Waals surface area contributed by atoms with Crippen LogP contribution in [-0.4, -0.2) is 27.0 Å². The number of hydrogen-bond donors (Lipinski definition) is 2. The zero-order valence-electron chi connectivity index (χ0n) is 7.75. The summed E-state index contributed by atoms with van der Waals surface area (Å²) in [6.07, 6.45) is 0.836. The van der Waals surface area contributed by atoms with E-state index in [1.54, 1.807) is 0 Å². The molecule has 2 N–H and O–H groups in total. The van der Waals surface area contributed by atoms with E-state index in [9.17, 15) is 0 Å². The average molecular weight is 233 g/mol. The lowest BCUT2D eigenvalue weighted by atomic mass is 10.6. The summed E-state index contributed by atoms with van der Waals surface area (Å²) in [7, 11) is 0. The van der Waals surface area contributed by atoms with Gasteiger partial charge in [-0.2, -0.15) is 0 Å². The van der Waals surface area contributed by atoms with Crippen LogP contribution in [0, 0.1) is 0 Å². The summed E-state index contributed by atoms with van der Waals surface area (Å²) in [5.41, 5.74) is 0. The van der Waals surface area contributed by atoms with Crippen molar-refractivity contribution in [2.24, 2.45) is 0 Å². The molecule has 80 valence electrons. The molecule has 0 aromatic carbocycles. The monoisotopic (exact) mass is 232 g/mol. The van der Waals surface area contributed by atoms with Gasteiger partial charge in [0.25, 0.3) is 11.9 Å². The van der Waals surface area contributed by atoms with E-state index in [2.05, 4.69) is 0 Å². The van der Waals surface area contributed by atoms with Crippen molar-refractivity contribution in [2.75, 3.05) is 0 Å². The smallest absolute Gasteiger partial charge is 0.300 e. The summed E-state index contributed by atoms with van der Waals surface area (Å²) in [6.45, 7) is 4.10. The van der Waals surface area contributed by atoms with Crippen LogP contribution in [-0.2, 0) is 9.59 Å². The number of hydrogen-bond acceptors (Lipinski definition) is 2. The van der Waals surface area contributed by atoms with E-state index in [1.165, 1.54) is 0 Å². The van der Waals surface area contributed by atoms with E-state index in [-0.39, 0.29) is 4.84 Å². The van der Waals surface area contributed by atoms with Crippen molar-refractivity contribution in [3.8, 4) is 0 Å². The van der Waals surface area contributed by atoms with Crippen LogP contribution in [0.3, 0.4) is 0 Å². The Labute approximate surface area is 87.5 Å². The van der Waals surface area contributed by atoms with Gasteiger partial charge in [-0.3, -0.25) is 9.59 Å². The Hall–Kier alpha value is -0.480. The molecule has 0 saturated carbocycles. The lowest BCUT2D eigenvalue weighted by Crippen LogP contribution is -1.78. The molecular weight excluding hydrogens is 219 g/mol. The maximum atomic E-state index is 9.00.